The predicted molar refractivity (Wildman–Crippen MR) is 67.7 cm³/mol. The molecule has 0 saturated carbocycles. The Morgan fingerprint density at radius 2 is 2.17 bits per heavy atom. The second-order valence-corrected chi connectivity index (χ2v) is 4.04. The maximum atomic E-state index is 11.0. The van der Waals surface area contributed by atoms with E-state index in [4.69, 9.17) is 14.7 Å². The average Bonchev–Trinajstić information content (AvgIpc) is 2.30. The van der Waals surface area contributed by atoms with Crippen LogP contribution in [0.15, 0.2) is 18.2 Å². The summed E-state index contributed by atoms with van der Waals surface area (Å²) in [6, 6.07) is 7.05. The summed E-state index contributed by atoms with van der Waals surface area (Å²) in [7, 11) is 0. The molecule has 0 bridgehead atoms. The summed E-state index contributed by atoms with van der Waals surface area (Å²) in [6.45, 7) is 5.71. The van der Waals surface area contributed by atoms with Crippen molar-refractivity contribution in [1.82, 2.24) is 0 Å². The fourth-order valence-electron chi connectivity index (χ4n) is 1.61. The molecule has 0 spiro atoms. The molecule has 1 unspecified atom stereocenters. The van der Waals surface area contributed by atoms with Crippen molar-refractivity contribution in [2.75, 3.05) is 6.61 Å². The van der Waals surface area contributed by atoms with Gasteiger partial charge in [-0.15, -0.1) is 0 Å². The van der Waals surface area contributed by atoms with Crippen molar-refractivity contribution >= 4 is 5.78 Å². The van der Waals surface area contributed by atoms with Crippen molar-refractivity contribution < 1.29 is 14.3 Å². The summed E-state index contributed by atoms with van der Waals surface area (Å²) in [5, 5.41) is 8.83. The van der Waals surface area contributed by atoms with Crippen LogP contribution in [0.1, 0.15) is 32.8 Å². The number of carbonyl (C=O) groups excluding carboxylic acids is 1. The van der Waals surface area contributed by atoms with E-state index >= 15 is 0 Å². The Morgan fingerprint density at radius 1 is 1.44 bits per heavy atom. The molecule has 0 N–H and O–H groups in total. The molecule has 0 radical (unpaired) electrons. The molecule has 4 heteroatoms. The van der Waals surface area contributed by atoms with Crippen LogP contribution in [-0.4, -0.2) is 18.5 Å². The van der Waals surface area contributed by atoms with Gasteiger partial charge >= 0.3 is 0 Å². The van der Waals surface area contributed by atoms with E-state index in [1.165, 1.54) is 6.92 Å². The fraction of sp³-hybridized carbons (Fsp3) is 0.429. The van der Waals surface area contributed by atoms with Gasteiger partial charge in [0.1, 0.15) is 11.9 Å². The number of Topliss-reactive ketones (excluding diaryl/α,β-unsaturated/α-hetero) is 1. The number of carbonyl (C=O) groups is 1. The van der Waals surface area contributed by atoms with Gasteiger partial charge in [-0.2, -0.15) is 5.26 Å². The molecule has 18 heavy (non-hydrogen) atoms. The normalized spacial score (nSPS) is 11.4. The molecule has 0 fully saturated rings. The van der Waals surface area contributed by atoms with Crippen LogP contribution in [-0.2, 0) is 4.79 Å². The lowest BCUT2D eigenvalue weighted by Gasteiger charge is -2.16. The number of hydrogen-bond donors (Lipinski definition) is 0. The van der Waals surface area contributed by atoms with Crippen LogP contribution in [0.2, 0.25) is 0 Å². The minimum atomic E-state index is -0.213. The molecule has 1 rings (SSSR count). The molecule has 0 saturated heterocycles. The third-order valence-electron chi connectivity index (χ3n) is 2.28. The first kappa shape index (κ1) is 14.0. The Balaban J connectivity index is 2.87. The highest BCUT2D eigenvalue weighted by molar-refractivity contribution is 5.75. The molecule has 96 valence electrons. The quantitative estimate of drug-likeness (QED) is 0.775. The third kappa shape index (κ3) is 4.10. The predicted octanol–water partition coefficient (Wildman–Crippen LogP) is 2.70. The number of rotatable bonds is 6. The molecule has 0 amide bonds. The molecule has 0 aliphatic rings. The van der Waals surface area contributed by atoms with Gasteiger partial charge in [0.2, 0.25) is 0 Å². The van der Waals surface area contributed by atoms with Gasteiger partial charge < -0.3 is 9.47 Å². The summed E-state index contributed by atoms with van der Waals surface area (Å²) in [6.07, 6.45) is 0.139. The highest BCUT2D eigenvalue weighted by atomic mass is 16.5. The first-order valence-corrected chi connectivity index (χ1v) is 5.89. The Bertz CT molecular complexity index is 463. The summed E-state index contributed by atoms with van der Waals surface area (Å²) in [5.41, 5.74) is 0.519. The van der Waals surface area contributed by atoms with Crippen molar-refractivity contribution in [3.8, 4) is 17.6 Å². The maximum absolute atomic E-state index is 11.0. The minimum Gasteiger partial charge on any atom is -0.490 e. The molecule has 1 aromatic rings. The van der Waals surface area contributed by atoms with Gasteiger partial charge in [-0.25, -0.2) is 0 Å². The Kier molecular flexibility index (Phi) is 5.19. The van der Waals surface area contributed by atoms with Crippen molar-refractivity contribution in [3.63, 3.8) is 0 Å². The number of nitrogens with zero attached hydrogens (tertiary/aromatic N) is 1. The first-order valence-electron chi connectivity index (χ1n) is 5.89. The molecular weight excluding hydrogens is 230 g/mol. The Morgan fingerprint density at radius 3 is 2.72 bits per heavy atom. The minimum absolute atomic E-state index is 0.0779. The van der Waals surface area contributed by atoms with E-state index in [-0.39, 0.29) is 11.9 Å². The summed E-state index contributed by atoms with van der Waals surface area (Å²) in [4.78, 5) is 11.0. The molecular formula is C14H17NO3. The van der Waals surface area contributed by atoms with Crippen molar-refractivity contribution in [2.45, 2.75) is 33.3 Å². The summed E-state index contributed by atoms with van der Waals surface area (Å²) >= 11 is 0. The Labute approximate surface area is 107 Å². The molecule has 1 aromatic carbocycles. The van der Waals surface area contributed by atoms with E-state index in [0.29, 0.717) is 30.1 Å². The van der Waals surface area contributed by atoms with Crippen LogP contribution in [0.25, 0.3) is 0 Å². The van der Waals surface area contributed by atoms with Crippen LogP contribution in [0.4, 0.5) is 0 Å². The highest BCUT2D eigenvalue weighted by Crippen LogP contribution is 2.29. The number of ether oxygens (including phenoxy) is 2. The van der Waals surface area contributed by atoms with Crippen molar-refractivity contribution in [1.29, 1.82) is 5.26 Å². The van der Waals surface area contributed by atoms with Gasteiger partial charge in [-0.3, -0.25) is 4.79 Å². The van der Waals surface area contributed by atoms with Crippen LogP contribution in [0.3, 0.4) is 0 Å². The van der Waals surface area contributed by atoms with E-state index in [1.54, 1.807) is 18.2 Å². The first-order chi connectivity index (χ1) is 8.56. The lowest BCUT2D eigenvalue weighted by molar-refractivity contribution is -0.118. The largest absolute Gasteiger partial charge is 0.490 e. The smallest absolute Gasteiger partial charge is 0.162 e. The van der Waals surface area contributed by atoms with Gasteiger partial charge in [0.25, 0.3) is 0 Å². The van der Waals surface area contributed by atoms with Crippen molar-refractivity contribution in [3.05, 3.63) is 23.8 Å². The van der Waals surface area contributed by atoms with E-state index in [0.717, 1.165) is 0 Å². The van der Waals surface area contributed by atoms with E-state index in [9.17, 15) is 4.79 Å². The molecule has 1 atom stereocenters. The van der Waals surface area contributed by atoms with E-state index in [2.05, 4.69) is 0 Å². The zero-order valence-corrected chi connectivity index (χ0v) is 10.9. The molecule has 0 aliphatic heterocycles. The van der Waals surface area contributed by atoms with Crippen LogP contribution in [0.5, 0.6) is 11.5 Å². The summed E-state index contributed by atoms with van der Waals surface area (Å²) < 4.78 is 11.1. The van der Waals surface area contributed by atoms with Gasteiger partial charge in [0.05, 0.1) is 18.2 Å². The van der Waals surface area contributed by atoms with Gasteiger partial charge in [-0.05, 0) is 32.9 Å². The SMILES string of the molecule is CCOc1cc(C#N)ccc1OC(C)CC(C)=O. The lowest BCUT2D eigenvalue weighted by Crippen LogP contribution is -2.16. The number of ketones is 1. The van der Waals surface area contributed by atoms with E-state index in [1.807, 2.05) is 19.9 Å². The average molecular weight is 247 g/mol. The van der Waals surface area contributed by atoms with Crippen molar-refractivity contribution in [2.24, 2.45) is 0 Å². The lowest BCUT2D eigenvalue weighted by atomic mass is 10.2. The van der Waals surface area contributed by atoms with Crippen LogP contribution in [0, 0.1) is 11.3 Å². The van der Waals surface area contributed by atoms with Crippen LogP contribution < -0.4 is 9.47 Å². The number of nitriles is 1. The molecule has 4 nitrogen and oxygen atoms in total. The van der Waals surface area contributed by atoms with Gasteiger partial charge in [0, 0.05) is 12.5 Å². The molecule has 0 aliphatic carbocycles. The van der Waals surface area contributed by atoms with Gasteiger partial charge in [-0.1, -0.05) is 0 Å². The molecule has 0 aromatic heterocycles. The molecule has 0 heterocycles. The standard InChI is InChI=1S/C14H17NO3/c1-4-17-14-8-12(9-15)5-6-13(14)18-11(3)7-10(2)16/h5-6,8,11H,4,7H2,1-3H3. The van der Waals surface area contributed by atoms with E-state index < -0.39 is 0 Å². The zero-order chi connectivity index (χ0) is 13.5. The zero-order valence-electron chi connectivity index (χ0n) is 10.9. The Hall–Kier alpha value is -2.02. The topological polar surface area (TPSA) is 59.3 Å². The second-order valence-electron chi connectivity index (χ2n) is 4.04. The monoisotopic (exact) mass is 247 g/mol. The number of hydrogen-bond acceptors (Lipinski definition) is 4. The maximum Gasteiger partial charge on any atom is 0.162 e. The van der Waals surface area contributed by atoms with Gasteiger partial charge in [0.15, 0.2) is 11.5 Å². The van der Waals surface area contributed by atoms with Crippen LogP contribution >= 0.6 is 0 Å². The third-order valence-corrected chi connectivity index (χ3v) is 2.28. The fourth-order valence-corrected chi connectivity index (χ4v) is 1.61. The number of benzene rings is 1. The summed E-state index contributed by atoms with van der Waals surface area (Å²) in [5.74, 6) is 1.17. The highest BCUT2D eigenvalue weighted by Gasteiger charge is 2.12. The second kappa shape index (κ2) is 6.65.